The zero-order chi connectivity index (χ0) is 19.4. The molecular weight excluding hydrogens is 358 g/mol. The number of amides is 1. The van der Waals surface area contributed by atoms with Crippen LogP contribution in [0.4, 0.5) is 5.69 Å². The van der Waals surface area contributed by atoms with Crippen LogP contribution in [0, 0.1) is 6.92 Å². The molecule has 3 N–H and O–H groups in total. The van der Waals surface area contributed by atoms with Crippen molar-refractivity contribution in [3.63, 3.8) is 0 Å². The molecule has 2 aromatic rings. The third-order valence-electron chi connectivity index (χ3n) is 4.45. The standard InChI is InChI=1S/C21H23N3O2S/c1-4-26-17-12-8-7-11-16(17)23-20(25)18-14(3)22-21(27)24-19(18)15-10-6-5-9-13(15)2/h5-12,19H,4H2,1-3H3,(H,23,25)(H2,22,24,27)/t19-/m0/s1. The third-order valence-corrected chi connectivity index (χ3v) is 4.67. The molecule has 6 heteroatoms. The molecule has 0 fully saturated rings. The summed E-state index contributed by atoms with van der Waals surface area (Å²) >= 11 is 5.32. The lowest BCUT2D eigenvalue weighted by Crippen LogP contribution is -2.46. The van der Waals surface area contributed by atoms with Gasteiger partial charge >= 0.3 is 0 Å². The van der Waals surface area contributed by atoms with Gasteiger partial charge in [0.2, 0.25) is 0 Å². The number of thiocarbonyl (C=S) groups is 1. The smallest absolute Gasteiger partial charge is 0.255 e. The first kappa shape index (κ1) is 18.9. The lowest BCUT2D eigenvalue weighted by atomic mass is 9.92. The van der Waals surface area contributed by atoms with Crippen LogP contribution in [0.3, 0.4) is 0 Å². The quantitative estimate of drug-likeness (QED) is 0.687. The van der Waals surface area contributed by atoms with E-state index in [1.54, 1.807) is 0 Å². The highest BCUT2D eigenvalue weighted by atomic mass is 32.1. The Labute approximate surface area is 164 Å². The van der Waals surface area contributed by atoms with Crippen LogP contribution < -0.4 is 20.7 Å². The molecule has 0 aromatic heterocycles. The Hall–Kier alpha value is -2.86. The summed E-state index contributed by atoms with van der Waals surface area (Å²) in [6, 6.07) is 15.1. The molecule has 1 heterocycles. The molecule has 0 unspecified atom stereocenters. The zero-order valence-corrected chi connectivity index (χ0v) is 16.4. The van der Waals surface area contributed by atoms with Gasteiger partial charge in [-0.15, -0.1) is 0 Å². The molecule has 3 rings (SSSR count). The van der Waals surface area contributed by atoms with E-state index in [1.807, 2.05) is 69.3 Å². The summed E-state index contributed by atoms with van der Waals surface area (Å²) in [7, 11) is 0. The zero-order valence-electron chi connectivity index (χ0n) is 15.6. The summed E-state index contributed by atoms with van der Waals surface area (Å²) < 4.78 is 5.62. The first-order valence-electron chi connectivity index (χ1n) is 8.88. The van der Waals surface area contributed by atoms with E-state index >= 15 is 0 Å². The van der Waals surface area contributed by atoms with Crippen LogP contribution >= 0.6 is 12.2 Å². The Bertz CT molecular complexity index is 908. The molecule has 1 atom stereocenters. The minimum atomic E-state index is -0.320. The van der Waals surface area contributed by atoms with E-state index in [1.165, 1.54) is 0 Å². The van der Waals surface area contributed by atoms with Crippen LogP contribution in [0.5, 0.6) is 5.75 Å². The lowest BCUT2D eigenvalue weighted by molar-refractivity contribution is -0.113. The van der Waals surface area contributed by atoms with E-state index < -0.39 is 0 Å². The molecule has 0 radical (unpaired) electrons. The molecule has 140 valence electrons. The van der Waals surface area contributed by atoms with Gasteiger partial charge in [0.15, 0.2) is 5.11 Å². The van der Waals surface area contributed by atoms with Crippen molar-refractivity contribution in [1.29, 1.82) is 0 Å². The van der Waals surface area contributed by atoms with Crippen molar-refractivity contribution in [3.05, 3.63) is 70.9 Å². The molecule has 1 amide bonds. The first-order valence-corrected chi connectivity index (χ1v) is 9.29. The second-order valence-corrected chi connectivity index (χ2v) is 6.72. The average molecular weight is 382 g/mol. The van der Waals surface area contributed by atoms with E-state index in [0.717, 1.165) is 16.8 Å². The van der Waals surface area contributed by atoms with E-state index in [2.05, 4.69) is 16.0 Å². The van der Waals surface area contributed by atoms with Gasteiger partial charge in [0.25, 0.3) is 5.91 Å². The number of aryl methyl sites for hydroxylation is 1. The Morgan fingerprint density at radius 3 is 2.59 bits per heavy atom. The number of para-hydroxylation sites is 2. The second-order valence-electron chi connectivity index (χ2n) is 6.31. The van der Waals surface area contributed by atoms with Crippen LogP contribution in [0.1, 0.15) is 31.0 Å². The van der Waals surface area contributed by atoms with Crippen LogP contribution in [0.25, 0.3) is 0 Å². The Kier molecular flexibility index (Phi) is 5.76. The van der Waals surface area contributed by atoms with Gasteiger partial charge in [-0.05, 0) is 56.2 Å². The maximum atomic E-state index is 13.2. The van der Waals surface area contributed by atoms with Crippen LogP contribution in [-0.4, -0.2) is 17.6 Å². The van der Waals surface area contributed by atoms with Gasteiger partial charge in [-0.2, -0.15) is 0 Å². The van der Waals surface area contributed by atoms with Crippen molar-refractivity contribution in [1.82, 2.24) is 10.6 Å². The molecule has 0 bridgehead atoms. The second kappa shape index (κ2) is 8.22. The molecule has 2 aromatic carbocycles. The van der Waals surface area contributed by atoms with Crippen molar-refractivity contribution >= 4 is 28.9 Å². The molecule has 0 saturated carbocycles. The topological polar surface area (TPSA) is 62.4 Å². The number of allylic oxidation sites excluding steroid dienone is 1. The maximum Gasteiger partial charge on any atom is 0.255 e. The fourth-order valence-electron chi connectivity index (χ4n) is 3.18. The largest absolute Gasteiger partial charge is 0.492 e. The van der Waals surface area contributed by atoms with Crippen LogP contribution in [0.15, 0.2) is 59.8 Å². The molecule has 0 saturated heterocycles. The van der Waals surface area contributed by atoms with E-state index in [-0.39, 0.29) is 11.9 Å². The number of ether oxygens (including phenoxy) is 1. The molecular formula is C21H23N3O2S. The number of carbonyl (C=O) groups is 1. The molecule has 1 aliphatic heterocycles. The minimum absolute atomic E-state index is 0.199. The Morgan fingerprint density at radius 1 is 1.15 bits per heavy atom. The number of rotatable bonds is 5. The molecule has 0 aliphatic carbocycles. The van der Waals surface area contributed by atoms with Gasteiger partial charge in [-0.3, -0.25) is 4.79 Å². The van der Waals surface area contributed by atoms with Gasteiger partial charge in [-0.25, -0.2) is 0 Å². The number of nitrogens with one attached hydrogen (secondary N) is 3. The van der Waals surface area contributed by atoms with Crippen LogP contribution in [0.2, 0.25) is 0 Å². The van der Waals surface area contributed by atoms with Gasteiger partial charge in [0, 0.05) is 5.70 Å². The fraction of sp³-hybridized carbons (Fsp3) is 0.238. The van der Waals surface area contributed by atoms with E-state index in [4.69, 9.17) is 17.0 Å². The van der Waals surface area contributed by atoms with Crippen molar-refractivity contribution < 1.29 is 9.53 Å². The molecule has 0 spiro atoms. The lowest BCUT2D eigenvalue weighted by Gasteiger charge is -2.31. The number of hydrogen-bond acceptors (Lipinski definition) is 3. The highest BCUT2D eigenvalue weighted by molar-refractivity contribution is 7.80. The fourth-order valence-corrected chi connectivity index (χ4v) is 3.45. The van der Waals surface area contributed by atoms with Gasteiger partial charge < -0.3 is 20.7 Å². The van der Waals surface area contributed by atoms with Gasteiger partial charge in [0.1, 0.15) is 5.75 Å². The van der Waals surface area contributed by atoms with Crippen molar-refractivity contribution in [2.75, 3.05) is 11.9 Å². The van der Waals surface area contributed by atoms with Crippen molar-refractivity contribution in [2.24, 2.45) is 0 Å². The Morgan fingerprint density at radius 2 is 1.85 bits per heavy atom. The summed E-state index contributed by atoms with van der Waals surface area (Å²) in [5.41, 5.74) is 4.08. The maximum absolute atomic E-state index is 13.2. The van der Waals surface area contributed by atoms with Crippen molar-refractivity contribution in [2.45, 2.75) is 26.8 Å². The average Bonchev–Trinajstić information content (AvgIpc) is 2.63. The predicted octanol–water partition coefficient (Wildman–Crippen LogP) is 3.83. The first-order chi connectivity index (χ1) is 13.0. The minimum Gasteiger partial charge on any atom is -0.492 e. The van der Waals surface area contributed by atoms with Gasteiger partial charge in [0.05, 0.1) is 23.9 Å². The van der Waals surface area contributed by atoms with Crippen molar-refractivity contribution in [3.8, 4) is 5.75 Å². The molecule has 1 aliphatic rings. The highest BCUT2D eigenvalue weighted by Gasteiger charge is 2.31. The number of hydrogen-bond donors (Lipinski definition) is 3. The normalized spacial score (nSPS) is 16.4. The molecule has 27 heavy (non-hydrogen) atoms. The van der Waals surface area contributed by atoms with Gasteiger partial charge in [-0.1, -0.05) is 36.4 Å². The van der Waals surface area contributed by atoms with Crippen LogP contribution in [-0.2, 0) is 4.79 Å². The highest BCUT2D eigenvalue weighted by Crippen LogP contribution is 2.31. The summed E-state index contributed by atoms with van der Waals surface area (Å²) in [5, 5.41) is 9.78. The molecule has 5 nitrogen and oxygen atoms in total. The number of anilines is 1. The summed E-state index contributed by atoms with van der Waals surface area (Å²) in [5.74, 6) is 0.446. The summed E-state index contributed by atoms with van der Waals surface area (Å²) in [6.07, 6.45) is 0. The number of carbonyl (C=O) groups excluding carboxylic acids is 1. The monoisotopic (exact) mass is 381 g/mol. The summed E-state index contributed by atoms with van der Waals surface area (Å²) in [6.45, 7) is 6.33. The van der Waals surface area contributed by atoms with E-state index in [0.29, 0.717) is 28.7 Å². The SMILES string of the molecule is CCOc1ccccc1NC(=O)C1=C(C)NC(=S)N[C@H]1c1ccccc1C. The Balaban J connectivity index is 1.97. The third kappa shape index (κ3) is 4.11. The van der Waals surface area contributed by atoms with E-state index in [9.17, 15) is 4.79 Å². The summed E-state index contributed by atoms with van der Waals surface area (Å²) in [4.78, 5) is 13.2. The predicted molar refractivity (Wildman–Crippen MR) is 112 cm³/mol. The number of benzene rings is 2.